The Hall–Kier alpha value is -1.38. The van der Waals surface area contributed by atoms with E-state index in [1.54, 1.807) is 24.3 Å². The Kier molecular flexibility index (Phi) is 4.23. The van der Waals surface area contributed by atoms with Gasteiger partial charge < -0.3 is 35.6 Å². The van der Waals surface area contributed by atoms with Gasteiger partial charge in [0.05, 0.1) is 6.61 Å². The van der Waals surface area contributed by atoms with Gasteiger partial charge in [-0.25, -0.2) is 0 Å². The Morgan fingerprint density at radius 2 is 1.74 bits per heavy atom. The molecule has 5 atom stereocenters. The first-order valence-corrected chi connectivity index (χ1v) is 5.85. The highest BCUT2D eigenvalue weighted by Gasteiger charge is 2.45. The summed E-state index contributed by atoms with van der Waals surface area (Å²) in [4.78, 5) is 0. The van der Waals surface area contributed by atoms with Gasteiger partial charge in [-0.15, -0.1) is 0 Å². The van der Waals surface area contributed by atoms with Crippen LogP contribution in [0.15, 0.2) is 24.3 Å². The lowest BCUT2D eigenvalue weighted by Gasteiger charge is -2.39. The number of nitrogen functional groups attached to an aromatic ring is 1. The molecule has 2 rings (SSSR count). The second kappa shape index (κ2) is 5.72. The van der Waals surface area contributed by atoms with Crippen LogP contribution in [0.2, 0.25) is 0 Å². The molecule has 7 nitrogen and oxygen atoms in total. The van der Waals surface area contributed by atoms with Gasteiger partial charge in [-0.3, -0.25) is 0 Å². The van der Waals surface area contributed by atoms with Gasteiger partial charge in [0.2, 0.25) is 0 Å². The standard InChI is InChI=1S/C12H17NO6/c13-6-1-3-7(4-2-6)18-11-10(16)9(15)8(5-14)19-12(11)17/h1-4,8-12,14-17H,5,13H2/t8-,9+,10+,11-,12+/m1/s1. The van der Waals surface area contributed by atoms with Crippen LogP contribution in [0, 0.1) is 0 Å². The molecule has 106 valence electrons. The van der Waals surface area contributed by atoms with Crippen molar-refractivity contribution in [3.05, 3.63) is 24.3 Å². The highest BCUT2D eigenvalue weighted by molar-refractivity contribution is 5.41. The first-order valence-electron chi connectivity index (χ1n) is 5.85. The molecule has 1 aromatic carbocycles. The van der Waals surface area contributed by atoms with E-state index in [9.17, 15) is 15.3 Å². The minimum absolute atomic E-state index is 0.371. The SMILES string of the molecule is Nc1ccc(O[C@@H]2[C@@H](O)[C@@H](O)[C@@H](CO)O[C@@H]2O)cc1. The van der Waals surface area contributed by atoms with Crippen LogP contribution in [0.25, 0.3) is 0 Å². The van der Waals surface area contributed by atoms with Gasteiger partial charge in [-0.1, -0.05) is 0 Å². The molecule has 0 unspecified atom stereocenters. The van der Waals surface area contributed by atoms with E-state index in [1.165, 1.54) is 0 Å². The molecule has 1 saturated heterocycles. The third-order valence-corrected chi connectivity index (χ3v) is 2.99. The lowest BCUT2D eigenvalue weighted by atomic mass is 9.99. The monoisotopic (exact) mass is 271 g/mol. The normalized spacial score (nSPS) is 35.1. The first-order chi connectivity index (χ1) is 9.02. The molecule has 1 fully saturated rings. The fourth-order valence-electron chi connectivity index (χ4n) is 1.90. The number of hydrogen-bond donors (Lipinski definition) is 5. The first kappa shape index (κ1) is 14.0. The number of hydrogen-bond acceptors (Lipinski definition) is 7. The van der Waals surface area contributed by atoms with Crippen molar-refractivity contribution in [3.63, 3.8) is 0 Å². The smallest absolute Gasteiger partial charge is 0.195 e. The van der Waals surface area contributed by atoms with Gasteiger partial charge in [0.25, 0.3) is 0 Å². The predicted molar refractivity (Wildman–Crippen MR) is 65.2 cm³/mol. The fraction of sp³-hybridized carbons (Fsp3) is 0.500. The molecule has 1 heterocycles. The van der Waals surface area contributed by atoms with Crippen molar-refractivity contribution >= 4 is 5.69 Å². The molecule has 0 amide bonds. The molecule has 0 aromatic heterocycles. The van der Waals surface area contributed by atoms with E-state index in [1.807, 2.05) is 0 Å². The average Bonchev–Trinajstić information content (AvgIpc) is 2.41. The fourth-order valence-corrected chi connectivity index (χ4v) is 1.90. The second-order valence-electron chi connectivity index (χ2n) is 4.38. The highest BCUT2D eigenvalue weighted by atomic mass is 16.7. The Balaban J connectivity index is 2.09. The van der Waals surface area contributed by atoms with Crippen LogP contribution in [0.1, 0.15) is 0 Å². The molecule has 0 saturated carbocycles. The van der Waals surface area contributed by atoms with Gasteiger partial charge in [0.1, 0.15) is 24.1 Å². The van der Waals surface area contributed by atoms with Gasteiger partial charge in [0, 0.05) is 5.69 Å². The van der Waals surface area contributed by atoms with Crippen LogP contribution in [0.3, 0.4) is 0 Å². The number of rotatable bonds is 3. The summed E-state index contributed by atoms with van der Waals surface area (Å²) in [6.07, 6.45) is -6.36. The summed E-state index contributed by atoms with van der Waals surface area (Å²) in [5.74, 6) is 0.371. The number of ether oxygens (including phenoxy) is 2. The molecular weight excluding hydrogens is 254 g/mol. The molecule has 0 aliphatic carbocycles. The number of aliphatic hydroxyl groups excluding tert-OH is 4. The van der Waals surface area contributed by atoms with E-state index in [-0.39, 0.29) is 0 Å². The minimum Gasteiger partial charge on any atom is -0.482 e. The average molecular weight is 271 g/mol. The van der Waals surface area contributed by atoms with Crippen LogP contribution in [0.5, 0.6) is 5.75 Å². The molecule has 0 bridgehead atoms. The Labute approximate surface area is 109 Å². The van der Waals surface area contributed by atoms with E-state index < -0.39 is 37.3 Å². The van der Waals surface area contributed by atoms with Crippen molar-refractivity contribution < 1.29 is 29.9 Å². The van der Waals surface area contributed by atoms with Crippen molar-refractivity contribution in [2.75, 3.05) is 12.3 Å². The highest BCUT2D eigenvalue weighted by Crippen LogP contribution is 2.24. The topological polar surface area (TPSA) is 125 Å². The van der Waals surface area contributed by atoms with E-state index in [2.05, 4.69) is 0 Å². The van der Waals surface area contributed by atoms with Crippen LogP contribution in [-0.2, 0) is 4.74 Å². The Morgan fingerprint density at radius 3 is 2.32 bits per heavy atom. The van der Waals surface area contributed by atoms with Crippen molar-refractivity contribution in [2.24, 2.45) is 0 Å². The molecule has 6 N–H and O–H groups in total. The van der Waals surface area contributed by atoms with E-state index in [4.69, 9.17) is 20.3 Å². The van der Waals surface area contributed by atoms with E-state index in [0.29, 0.717) is 11.4 Å². The Bertz CT molecular complexity index is 411. The summed E-state index contributed by atoms with van der Waals surface area (Å²) in [5, 5.41) is 38.2. The van der Waals surface area contributed by atoms with Crippen molar-refractivity contribution in [1.29, 1.82) is 0 Å². The number of benzene rings is 1. The third-order valence-electron chi connectivity index (χ3n) is 2.99. The number of anilines is 1. The lowest BCUT2D eigenvalue weighted by molar-refractivity contribution is -0.280. The van der Waals surface area contributed by atoms with Crippen LogP contribution >= 0.6 is 0 Å². The molecule has 0 spiro atoms. The van der Waals surface area contributed by atoms with Crippen LogP contribution in [0.4, 0.5) is 5.69 Å². The van der Waals surface area contributed by atoms with Gasteiger partial charge in [-0.05, 0) is 24.3 Å². The predicted octanol–water partition coefficient (Wildman–Crippen LogP) is -1.55. The minimum atomic E-state index is -1.45. The molecule has 1 aromatic rings. The Morgan fingerprint density at radius 1 is 1.11 bits per heavy atom. The summed E-state index contributed by atoms with van der Waals surface area (Å²) in [6, 6.07) is 6.34. The molecule has 1 aliphatic heterocycles. The van der Waals surface area contributed by atoms with Gasteiger partial charge in [-0.2, -0.15) is 0 Å². The molecule has 0 radical (unpaired) electrons. The number of aliphatic hydroxyl groups is 4. The summed E-state index contributed by atoms with van der Waals surface area (Å²) >= 11 is 0. The maximum Gasteiger partial charge on any atom is 0.195 e. The zero-order chi connectivity index (χ0) is 14.0. The van der Waals surface area contributed by atoms with Crippen molar-refractivity contribution in [3.8, 4) is 5.75 Å². The van der Waals surface area contributed by atoms with Gasteiger partial charge in [0.15, 0.2) is 12.4 Å². The van der Waals surface area contributed by atoms with Gasteiger partial charge >= 0.3 is 0 Å². The van der Waals surface area contributed by atoms with Crippen molar-refractivity contribution in [2.45, 2.75) is 30.7 Å². The summed E-state index contributed by atoms with van der Waals surface area (Å²) in [5.41, 5.74) is 6.08. The maximum absolute atomic E-state index is 9.87. The second-order valence-corrected chi connectivity index (χ2v) is 4.38. The summed E-state index contributed by atoms with van der Waals surface area (Å²) < 4.78 is 10.3. The van der Waals surface area contributed by atoms with Crippen LogP contribution in [-0.4, -0.2) is 57.7 Å². The quantitative estimate of drug-likeness (QED) is 0.421. The van der Waals surface area contributed by atoms with E-state index in [0.717, 1.165) is 0 Å². The largest absolute Gasteiger partial charge is 0.482 e. The maximum atomic E-state index is 9.87. The number of nitrogens with two attached hydrogens (primary N) is 1. The lowest BCUT2D eigenvalue weighted by Crippen LogP contribution is -2.60. The third kappa shape index (κ3) is 2.96. The summed E-state index contributed by atoms with van der Waals surface area (Å²) in [6.45, 7) is -0.510. The zero-order valence-electron chi connectivity index (χ0n) is 10.1. The molecule has 7 heteroatoms. The summed E-state index contributed by atoms with van der Waals surface area (Å²) in [7, 11) is 0. The zero-order valence-corrected chi connectivity index (χ0v) is 10.1. The molecule has 19 heavy (non-hydrogen) atoms. The molecule has 1 aliphatic rings. The molecular formula is C12H17NO6. The van der Waals surface area contributed by atoms with Crippen molar-refractivity contribution in [1.82, 2.24) is 0 Å². The van der Waals surface area contributed by atoms with Crippen LogP contribution < -0.4 is 10.5 Å². The van der Waals surface area contributed by atoms with E-state index >= 15 is 0 Å².